The molecule has 0 spiro atoms. The zero-order chi connectivity index (χ0) is 22.8. The summed E-state index contributed by atoms with van der Waals surface area (Å²) < 4.78 is 0. The number of hydrogen-bond acceptors (Lipinski definition) is 2. The summed E-state index contributed by atoms with van der Waals surface area (Å²) in [5.74, 6) is -0.0144. The molecule has 4 rings (SSSR count). The molecule has 1 aliphatic rings. The minimum Gasteiger partial charge on any atom is -0.465 e. The fourth-order valence-electron chi connectivity index (χ4n) is 5.15. The number of rotatable bonds is 7. The second-order valence-corrected chi connectivity index (χ2v) is 9.30. The molecular formula is C26H31N3O3. The second kappa shape index (κ2) is 8.69. The van der Waals surface area contributed by atoms with Crippen molar-refractivity contribution in [3.8, 4) is 0 Å². The summed E-state index contributed by atoms with van der Waals surface area (Å²) in [6.45, 7) is 3.74. The molecule has 2 atom stereocenters. The fourth-order valence-corrected chi connectivity index (χ4v) is 5.15. The number of nitrogens with one attached hydrogen (secondary N) is 3. The molecule has 3 aromatic rings. The van der Waals surface area contributed by atoms with E-state index in [1.807, 2.05) is 60.8 Å². The van der Waals surface area contributed by atoms with Gasteiger partial charge in [-0.25, -0.2) is 4.79 Å². The van der Waals surface area contributed by atoms with Gasteiger partial charge in [0.05, 0.1) is 5.54 Å². The van der Waals surface area contributed by atoms with E-state index in [0.29, 0.717) is 5.92 Å². The van der Waals surface area contributed by atoms with Gasteiger partial charge in [0.15, 0.2) is 0 Å². The number of H-pyrrole nitrogens is 1. The first-order chi connectivity index (χ1) is 15.3. The lowest BCUT2D eigenvalue weighted by molar-refractivity contribution is -0.129. The maximum atomic E-state index is 13.8. The van der Waals surface area contributed by atoms with E-state index in [-0.39, 0.29) is 12.3 Å². The highest BCUT2D eigenvalue weighted by atomic mass is 16.4. The Morgan fingerprint density at radius 2 is 1.66 bits per heavy atom. The van der Waals surface area contributed by atoms with Gasteiger partial charge >= 0.3 is 6.09 Å². The van der Waals surface area contributed by atoms with Gasteiger partial charge in [-0.1, -0.05) is 61.4 Å². The van der Waals surface area contributed by atoms with E-state index in [9.17, 15) is 14.7 Å². The third-order valence-corrected chi connectivity index (χ3v) is 7.02. The monoisotopic (exact) mass is 433 g/mol. The molecule has 0 bridgehead atoms. The Morgan fingerprint density at radius 1 is 1.00 bits per heavy atom. The van der Waals surface area contributed by atoms with Crippen molar-refractivity contribution in [2.75, 3.05) is 0 Å². The molecular weight excluding hydrogens is 402 g/mol. The van der Waals surface area contributed by atoms with E-state index in [1.54, 1.807) is 6.92 Å². The maximum Gasteiger partial charge on any atom is 0.405 e. The molecule has 6 heteroatoms. The Hall–Kier alpha value is -3.28. The van der Waals surface area contributed by atoms with Crippen LogP contribution < -0.4 is 10.6 Å². The van der Waals surface area contributed by atoms with Gasteiger partial charge in [0.25, 0.3) is 0 Å². The van der Waals surface area contributed by atoms with Crippen molar-refractivity contribution in [1.29, 1.82) is 0 Å². The van der Waals surface area contributed by atoms with Crippen molar-refractivity contribution in [2.24, 2.45) is 5.92 Å². The van der Waals surface area contributed by atoms with Crippen molar-refractivity contribution < 1.29 is 14.7 Å². The second-order valence-electron chi connectivity index (χ2n) is 9.30. The summed E-state index contributed by atoms with van der Waals surface area (Å²) in [7, 11) is 0. The lowest BCUT2D eigenvalue weighted by Gasteiger charge is -2.40. The Balaban J connectivity index is 1.67. The molecule has 1 aliphatic carbocycles. The summed E-state index contributed by atoms with van der Waals surface area (Å²) in [5.41, 5.74) is 1.00. The number of carbonyl (C=O) groups is 2. The summed E-state index contributed by atoms with van der Waals surface area (Å²) in [4.78, 5) is 28.7. The predicted molar refractivity (Wildman–Crippen MR) is 125 cm³/mol. The highest BCUT2D eigenvalue weighted by molar-refractivity contribution is 5.91. The van der Waals surface area contributed by atoms with Crippen LogP contribution in [0.5, 0.6) is 0 Å². The first-order valence-corrected chi connectivity index (χ1v) is 11.3. The van der Waals surface area contributed by atoms with Gasteiger partial charge in [-0.15, -0.1) is 0 Å². The average molecular weight is 434 g/mol. The zero-order valence-electron chi connectivity index (χ0n) is 18.7. The molecule has 2 aromatic carbocycles. The standard InChI is InChI=1S/C26H31N3O3/c1-25(29-24(31)32,16-18-17-27-22-15-9-8-14-21(18)22)23(30)28-26(2,20-12-6-7-13-20)19-10-4-3-5-11-19/h3-5,8-11,14-15,17,20,27,29H,6-7,12-13,16H2,1-2H3,(H,28,30)(H,31,32). The van der Waals surface area contributed by atoms with Crippen LogP contribution >= 0.6 is 0 Å². The summed E-state index contributed by atoms with van der Waals surface area (Å²) >= 11 is 0. The third kappa shape index (κ3) is 4.22. The number of amides is 2. The minimum atomic E-state index is -1.33. The molecule has 1 aromatic heterocycles. The Bertz CT molecular complexity index is 1100. The van der Waals surface area contributed by atoms with Gasteiger partial charge in [-0.2, -0.15) is 0 Å². The van der Waals surface area contributed by atoms with E-state index in [2.05, 4.69) is 22.5 Å². The summed E-state index contributed by atoms with van der Waals surface area (Å²) in [6, 6.07) is 17.8. The van der Waals surface area contributed by atoms with Crippen LogP contribution in [0.4, 0.5) is 4.79 Å². The lowest BCUT2D eigenvalue weighted by Crippen LogP contribution is -2.62. The van der Waals surface area contributed by atoms with Crippen molar-refractivity contribution in [3.05, 3.63) is 71.9 Å². The van der Waals surface area contributed by atoms with E-state index in [4.69, 9.17) is 0 Å². The SMILES string of the molecule is CC(Cc1c[nH]c2ccccc12)(NC(=O)O)C(=O)NC(C)(c1ccccc1)C1CCCC1. The Morgan fingerprint density at radius 3 is 2.34 bits per heavy atom. The normalized spacial score (nSPS) is 18.1. The van der Waals surface area contributed by atoms with Gasteiger partial charge in [0, 0.05) is 23.5 Å². The van der Waals surface area contributed by atoms with Crippen molar-refractivity contribution in [3.63, 3.8) is 0 Å². The molecule has 0 aliphatic heterocycles. The maximum absolute atomic E-state index is 13.8. The third-order valence-electron chi connectivity index (χ3n) is 7.02. The number of aromatic nitrogens is 1. The first kappa shape index (κ1) is 21.9. The zero-order valence-corrected chi connectivity index (χ0v) is 18.7. The molecule has 168 valence electrons. The molecule has 1 saturated carbocycles. The Labute approximate surface area is 188 Å². The topological polar surface area (TPSA) is 94.2 Å². The molecule has 1 fully saturated rings. The van der Waals surface area contributed by atoms with E-state index in [1.165, 1.54) is 0 Å². The van der Waals surface area contributed by atoms with Crippen LogP contribution in [0.1, 0.15) is 50.7 Å². The van der Waals surface area contributed by atoms with Crippen LogP contribution in [0.2, 0.25) is 0 Å². The highest BCUT2D eigenvalue weighted by Crippen LogP contribution is 2.40. The number of hydrogen-bond donors (Lipinski definition) is 4. The molecule has 4 N–H and O–H groups in total. The number of fused-ring (bicyclic) bond motifs is 1. The van der Waals surface area contributed by atoms with Crippen molar-refractivity contribution in [2.45, 2.75) is 57.0 Å². The number of benzene rings is 2. The quantitative estimate of drug-likeness (QED) is 0.424. The van der Waals surface area contributed by atoms with E-state index < -0.39 is 17.2 Å². The molecule has 0 radical (unpaired) electrons. The van der Waals surface area contributed by atoms with E-state index in [0.717, 1.165) is 47.7 Å². The molecule has 32 heavy (non-hydrogen) atoms. The number of carbonyl (C=O) groups excluding carboxylic acids is 1. The van der Waals surface area contributed by atoms with Crippen LogP contribution in [-0.4, -0.2) is 27.6 Å². The summed E-state index contributed by atoms with van der Waals surface area (Å²) in [6.07, 6.45) is 5.24. The molecule has 2 amide bonds. The van der Waals surface area contributed by atoms with Crippen molar-refractivity contribution in [1.82, 2.24) is 15.6 Å². The van der Waals surface area contributed by atoms with Gasteiger partial charge in [-0.3, -0.25) is 4.79 Å². The largest absolute Gasteiger partial charge is 0.465 e. The minimum absolute atomic E-state index is 0.241. The molecule has 2 unspecified atom stereocenters. The van der Waals surface area contributed by atoms with Crippen LogP contribution in [0.15, 0.2) is 60.8 Å². The summed E-state index contributed by atoms with van der Waals surface area (Å²) in [5, 5.41) is 16.4. The molecule has 1 heterocycles. The van der Waals surface area contributed by atoms with E-state index >= 15 is 0 Å². The Kier molecular flexibility index (Phi) is 5.96. The fraction of sp³-hybridized carbons (Fsp3) is 0.385. The highest BCUT2D eigenvalue weighted by Gasteiger charge is 2.44. The number of para-hydroxylation sites is 1. The molecule has 6 nitrogen and oxygen atoms in total. The van der Waals surface area contributed by atoms with Gasteiger partial charge < -0.3 is 20.7 Å². The van der Waals surface area contributed by atoms with Crippen LogP contribution in [0.25, 0.3) is 10.9 Å². The van der Waals surface area contributed by atoms with Gasteiger partial charge in [-0.05, 0) is 49.8 Å². The van der Waals surface area contributed by atoms with Crippen LogP contribution in [0.3, 0.4) is 0 Å². The smallest absolute Gasteiger partial charge is 0.405 e. The van der Waals surface area contributed by atoms with Crippen LogP contribution in [-0.2, 0) is 16.8 Å². The van der Waals surface area contributed by atoms with Gasteiger partial charge in [0.1, 0.15) is 5.54 Å². The average Bonchev–Trinajstić information content (AvgIpc) is 3.45. The lowest BCUT2D eigenvalue weighted by atomic mass is 9.77. The first-order valence-electron chi connectivity index (χ1n) is 11.3. The molecule has 0 saturated heterocycles. The number of aromatic amines is 1. The van der Waals surface area contributed by atoms with Crippen LogP contribution in [0, 0.1) is 5.92 Å². The van der Waals surface area contributed by atoms with Gasteiger partial charge in [0.2, 0.25) is 5.91 Å². The predicted octanol–water partition coefficient (Wildman–Crippen LogP) is 4.96. The number of carboxylic acid groups (broad SMARTS) is 1. The van der Waals surface area contributed by atoms with Crippen molar-refractivity contribution >= 4 is 22.9 Å².